The third-order valence-corrected chi connectivity index (χ3v) is 2.93. The van der Waals surface area contributed by atoms with Crippen molar-refractivity contribution in [3.63, 3.8) is 0 Å². The molecule has 66 valence electrons. The van der Waals surface area contributed by atoms with Gasteiger partial charge in [0.05, 0.1) is 11.4 Å². The normalized spacial score (nSPS) is 24.1. The van der Waals surface area contributed by atoms with Crippen molar-refractivity contribution in [2.45, 2.75) is 25.3 Å². The summed E-state index contributed by atoms with van der Waals surface area (Å²) in [6, 6.07) is 5.27. The zero-order valence-electron chi connectivity index (χ0n) is 7.26. The van der Waals surface area contributed by atoms with Crippen LogP contribution >= 0.6 is 0 Å². The third-order valence-electron chi connectivity index (χ3n) is 2.93. The molecular formula is C11H10FN. The maximum absolute atomic E-state index is 13.0. The smallest absolute Gasteiger partial charge is 0.123 e. The first-order valence-corrected chi connectivity index (χ1v) is 4.71. The standard InChI is InChI=1S/C11H10FN/c12-7-4-5-11-9(6-7)8-2-1-3-10(8)13-11/h4-6,10H,1-3H2. The number of rotatable bonds is 0. The molecule has 1 aliphatic carbocycles. The zero-order valence-corrected chi connectivity index (χ0v) is 7.26. The van der Waals surface area contributed by atoms with Gasteiger partial charge in [-0.2, -0.15) is 0 Å². The van der Waals surface area contributed by atoms with Gasteiger partial charge in [-0.15, -0.1) is 0 Å². The summed E-state index contributed by atoms with van der Waals surface area (Å²) in [4.78, 5) is 4.55. The van der Waals surface area contributed by atoms with E-state index in [2.05, 4.69) is 4.99 Å². The molecule has 1 aliphatic heterocycles. The molecule has 1 unspecified atom stereocenters. The molecule has 1 atom stereocenters. The van der Waals surface area contributed by atoms with Crippen molar-refractivity contribution in [2.75, 3.05) is 0 Å². The summed E-state index contributed by atoms with van der Waals surface area (Å²) < 4.78 is 13.0. The Bertz CT molecular complexity index is 475. The lowest BCUT2D eigenvalue weighted by Gasteiger charge is -1.97. The van der Waals surface area contributed by atoms with Crippen LogP contribution in [0.4, 0.5) is 4.39 Å². The SMILES string of the molecule is Fc1ccc2c(c1)=C1CCCC1N=2. The second-order valence-electron chi connectivity index (χ2n) is 3.72. The van der Waals surface area contributed by atoms with Gasteiger partial charge in [0, 0.05) is 5.22 Å². The van der Waals surface area contributed by atoms with E-state index in [-0.39, 0.29) is 5.82 Å². The fraction of sp³-hybridized carbons (Fsp3) is 0.364. The molecule has 13 heavy (non-hydrogen) atoms. The van der Waals surface area contributed by atoms with Gasteiger partial charge in [0.25, 0.3) is 0 Å². The van der Waals surface area contributed by atoms with Crippen LogP contribution in [0.15, 0.2) is 23.2 Å². The highest BCUT2D eigenvalue weighted by Crippen LogP contribution is 2.28. The quantitative estimate of drug-likeness (QED) is 0.561. The molecule has 1 nitrogen and oxygen atoms in total. The largest absolute Gasteiger partial charge is 0.277 e. The van der Waals surface area contributed by atoms with Gasteiger partial charge in [-0.05, 0) is 43.0 Å². The Morgan fingerprint density at radius 1 is 1.38 bits per heavy atom. The average molecular weight is 175 g/mol. The highest BCUT2D eigenvalue weighted by Gasteiger charge is 2.24. The van der Waals surface area contributed by atoms with Gasteiger partial charge in [-0.25, -0.2) is 4.39 Å². The molecular weight excluding hydrogens is 165 g/mol. The van der Waals surface area contributed by atoms with Crippen LogP contribution in [-0.4, -0.2) is 6.04 Å². The Kier molecular flexibility index (Phi) is 1.34. The van der Waals surface area contributed by atoms with E-state index in [1.807, 2.05) is 0 Å². The summed E-state index contributed by atoms with van der Waals surface area (Å²) in [6.45, 7) is 0. The summed E-state index contributed by atoms with van der Waals surface area (Å²) in [5, 5.41) is 2.05. The van der Waals surface area contributed by atoms with Crippen LogP contribution < -0.4 is 10.6 Å². The summed E-state index contributed by atoms with van der Waals surface area (Å²) in [5.74, 6) is -0.144. The Labute approximate surface area is 75.6 Å². The fourth-order valence-electron chi connectivity index (χ4n) is 2.33. The van der Waals surface area contributed by atoms with E-state index in [1.165, 1.54) is 18.1 Å². The van der Waals surface area contributed by atoms with Gasteiger partial charge in [-0.3, -0.25) is 4.99 Å². The van der Waals surface area contributed by atoms with Crippen molar-refractivity contribution in [1.82, 2.24) is 0 Å². The number of nitrogens with zero attached hydrogens (tertiary/aromatic N) is 1. The summed E-state index contributed by atoms with van der Waals surface area (Å²) >= 11 is 0. The second kappa shape index (κ2) is 2.41. The molecule has 0 radical (unpaired) electrons. The molecule has 1 fully saturated rings. The van der Waals surface area contributed by atoms with Gasteiger partial charge in [0.15, 0.2) is 0 Å². The third kappa shape index (κ3) is 0.947. The highest BCUT2D eigenvalue weighted by molar-refractivity contribution is 5.55. The van der Waals surface area contributed by atoms with Crippen molar-refractivity contribution >= 4 is 5.57 Å². The molecule has 0 saturated heterocycles. The number of halogens is 1. The minimum Gasteiger partial charge on any atom is -0.277 e. The van der Waals surface area contributed by atoms with Crippen molar-refractivity contribution in [3.8, 4) is 0 Å². The van der Waals surface area contributed by atoms with Crippen molar-refractivity contribution in [3.05, 3.63) is 34.6 Å². The fourth-order valence-corrected chi connectivity index (χ4v) is 2.33. The summed E-state index contributed by atoms with van der Waals surface area (Å²) in [5.41, 5.74) is 1.36. The van der Waals surface area contributed by atoms with Crippen LogP contribution in [0.3, 0.4) is 0 Å². The minimum absolute atomic E-state index is 0.144. The number of benzene rings is 1. The summed E-state index contributed by atoms with van der Waals surface area (Å²) in [7, 11) is 0. The Morgan fingerprint density at radius 3 is 3.23 bits per heavy atom. The monoisotopic (exact) mass is 175 g/mol. The molecule has 0 aromatic heterocycles. The molecule has 0 spiro atoms. The predicted molar refractivity (Wildman–Crippen MR) is 48.2 cm³/mol. The Hall–Kier alpha value is -1.18. The summed E-state index contributed by atoms with van der Waals surface area (Å²) in [6.07, 6.45) is 3.45. The number of hydrogen-bond donors (Lipinski definition) is 0. The molecule has 1 aromatic rings. The van der Waals surface area contributed by atoms with Crippen molar-refractivity contribution in [1.29, 1.82) is 0 Å². The lowest BCUT2D eigenvalue weighted by molar-refractivity contribution is 0.625. The van der Waals surface area contributed by atoms with E-state index in [1.54, 1.807) is 12.1 Å². The average Bonchev–Trinajstić information content (AvgIpc) is 2.64. The first-order valence-electron chi connectivity index (χ1n) is 4.71. The Balaban J connectivity index is 2.39. The van der Waals surface area contributed by atoms with Gasteiger partial charge >= 0.3 is 0 Å². The number of fused-ring (bicyclic) bond motifs is 2. The lowest BCUT2D eigenvalue weighted by atomic mass is 10.1. The minimum atomic E-state index is -0.144. The molecule has 0 bridgehead atoms. The molecule has 1 saturated carbocycles. The van der Waals surface area contributed by atoms with Crippen LogP contribution in [0, 0.1) is 5.82 Å². The zero-order chi connectivity index (χ0) is 8.84. The predicted octanol–water partition coefficient (Wildman–Crippen LogP) is 1.16. The van der Waals surface area contributed by atoms with E-state index in [9.17, 15) is 4.39 Å². The van der Waals surface area contributed by atoms with Crippen LogP contribution in [-0.2, 0) is 0 Å². The molecule has 2 heteroatoms. The number of hydrogen-bond acceptors (Lipinski definition) is 1. The van der Waals surface area contributed by atoms with Gasteiger partial charge in [-0.1, -0.05) is 0 Å². The molecule has 1 heterocycles. The van der Waals surface area contributed by atoms with E-state index in [0.717, 1.165) is 23.4 Å². The lowest BCUT2D eigenvalue weighted by Crippen LogP contribution is -2.23. The molecule has 3 rings (SSSR count). The van der Waals surface area contributed by atoms with Crippen molar-refractivity contribution < 1.29 is 4.39 Å². The van der Waals surface area contributed by atoms with E-state index >= 15 is 0 Å². The molecule has 2 aliphatic rings. The van der Waals surface area contributed by atoms with E-state index in [4.69, 9.17) is 0 Å². The van der Waals surface area contributed by atoms with E-state index in [0.29, 0.717) is 6.04 Å². The highest BCUT2D eigenvalue weighted by atomic mass is 19.1. The van der Waals surface area contributed by atoms with Crippen LogP contribution in [0.1, 0.15) is 19.3 Å². The first-order chi connectivity index (χ1) is 6.34. The van der Waals surface area contributed by atoms with Crippen molar-refractivity contribution in [2.24, 2.45) is 4.99 Å². The first kappa shape index (κ1) is 7.25. The van der Waals surface area contributed by atoms with E-state index < -0.39 is 0 Å². The van der Waals surface area contributed by atoms with Crippen LogP contribution in [0.2, 0.25) is 0 Å². The maximum atomic E-state index is 13.0. The van der Waals surface area contributed by atoms with Gasteiger partial charge < -0.3 is 0 Å². The molecule has 0 amide bonds. The van der Waals surface area contributed by atoms with Gasteiger partial charge in [0.1, 0.15) is 5.82 Å². The topological polar surface area (TPSA) is 12.4 Å². The Morgan fingerprint density at radius 2 is 2.31 bits per heavy atom. The van der Waals surface area contributed by atoms with Crippen LogP contribution in [0.25, 0.3) is 5.57 Å². The van der Waals surface area contributed by atoms with Gasteiger partial charge in [0.2, 0.25) is 0 Å². The van der Waals surface area contributed by atoms with Crippen LogP contribution in [0.5, 0.6) is 0 Å². The molecule has 0 N–H and O–H groups in total. The second-order valence-corrected chi connectivity index (χ2v) is 3.72. The maximum Gasteiger partial charge on any atom is 0.123 e. The molecule has 1 aromatic carbocycles.